The fourth-order valence-electron chi connectivity index (χ4n) is 2.95. The molecule has 0 aliphatic heterocycles. The van der Waals surface area contributed by atoms with Crippen molar-refractivity contribution in [1.29, 1.82) is 5.26 Å². The molecule has 28 heavy (non-hydrogen) atoms. The van der Waals surface area contributed by atoms with Crippen LogP contribution >= 0.6 is 0 Å². The van der Waals surface area contributed by atoms with Crippen LogP contribution < -0.4 is 4.74 Å². The van der Waals surface area contributed by atoms with Gasteiger partial charge in [-0.15, -0.1) is 0 Å². The van der Waals surface area contributed by atoms with E-state index < -0.39 is 12.1 Å². The van der Waals surface area contributed by atoms with Crippen molar-refractivity contribution in [3.8, 4) is 23.2 Å². The number of aromatic nitrogens is 1. The van der Waals surface area contributed by atoms with Crippen LogP contribution in [0.25, 0.3) is 11.3 Å². The summed E-state index contributed by atoms with van der Waals surface area (Å²) in [7, 11) is 0. The second-order valence-corrected chi connectivity index (χ2v) is 6.66. The average Bonchev–Trinajstić information content (AvgIpc) is 2.72. The molecule has 5 heteroatoms. The SMILES string of the molecule is CC(C)c1cc(-c2ccccc2)nc(OC(C(=O)O)c2ccccc2)c1C#N. The number of carboxylic acids is 1. The van der Waals surface area contributed by atoms with E-state index in [4.69, 9.17) is 4.74 Å². The first kappa shape index (κ1) is 19.1. The number of aliphatic carboxylic acids is 1. The van der Waals surface area contributed by atoms with Crippen LogP contribution in [-0.2, 0) is 4.79 Å². The van der Waals surface area contributed by atoms with E-state index >= 15 is 0 Å². The molecule has 0 aliphatic carbocycles. The summed E-state index contributed by atoms with van der Waals surface area (Å²) in [4.78, 5) is 16.3. The molecule has 1 N–H and O–H groups in total. The Balaban J connectivity index is 2.14. The van der Waals surface area contributed by atoms with Gasteiger partial charge in [-0.05, 0) is 17.5 Å². The van der Waals surface area contributed by atoms with Gasteiger partial charge >= 0.3 is 5.97 Å². The normalized spacial score (nSPS) is 11.6. The minimum atomic E-state index is -1.26. The molecule has 3 aromatic rings. The number of benzene rings is 2. The fourth-order valence-corrected chi connectivity index (χ4v) is 2.95. The number of ether oxygens (including phenoxy) is 1. The van der Waals surface area contributed by atoms with Crippen LogP contribution in [0, 0.1) is 11.3 Å². The fraction of sp³-hybridized carbons (Fsp3) is 0.174. The molecule has 2 aromatic carbocycles. The lowest BCUT2D eigenvalue weighted by atomic mass is 9.96. The highest BCUT2D eigenvalue weighted by atomic mass is 16.5. The highest BCUT2D eigenvalue weighted by molar-refractivity contribution is 5.75. The molecule has 3 rings (SSSR count). The molecule has 1 aromatic heterocycles. The smallest absolute Gasteiger partial charge is 0.349 e. The van der Waals surface area contributed by atoms with Gasteiger partial charge < -0.3 is 9.84 Å². The third kappa shape index (κ3) is 4.02. The van der Waals surface area contributed by atoms with Gasteiger partial charge in [0.05, 0.1) is 5.69 Å². The number of nitrogens with zero attached hydrogens (tertiary/aromatic N) is 2. The van der Waals surface area contributed by atoms with Gasteiger partial charge in [0.15, 0.2) is 0 Å². The lowest BCUT2D eigenvalue weighted by molar-refractivity contribution is -0.145. The van der Waals surface area contributed by atoms with Gasteiger partial charge in [0, 0.05) is 11.1 Å². The molecule has 0 saturated heterocycles. The Labute approximate surface area is 163 Å². The third-order valence-electron chi connectivity index (χ3n) is 4.38. The highest BCUT2D eigenvalue weighted by Gasteiger charge is 2.26. The van der Waals surface area contributed by atoms with E-state index in [0.717, 1.165) is 11.1 Å². The van der Waals surface area contributed by atoms with Crippen molar-refractivity contribution in [2.45, 2.75) is 25.9 Å². The van der Waals surface area contributed by atoms with E-state index in [1.807, 2.05) is 50.2 Å². The van der Waals surface area contributed by atoms with E-state index in [2.05, 4.69) is 11.1 Å². The molecule has 0 amide bonds. The second kappa shape index (κ2) is 8.36. The number of carboxylic acid groups (broad SMARTS) is 1. The molecule has 0 fully saturated rings. The second-order valence-electron chi connectivity index (χ2n) is 6.66. The first-order chi connectivity index (χ1) is 13.5. The number of hydrogen-bond acceptors (Lipinski definition) is 4. The van der Waals surface area contributed by atoms with Crippen LogP contribution in [0.3, 0.4) is 0 Å². The standard InChI is InChI=1S/C23H20N2O3/c1-15(2)18-13-20(16-9-5-3-6-10-16)25-22(19(18)14-24)28-21(23(26)27)17-11-7-4-8-12-17/h3-13,15,21H,1-2H3,(H,26,27). The van der Waals surface area contributed by atoms with Crippen molar-refractivity contribution in [2.75, 3.05) is 0 Å². The predicted octanol–water partition coefficient (Wildman–Crippen LogP) is 4.95. The molecule has 5 nitrogen and oxygen atoms in total. The summed E-state index contributed by atoms with van der Waals surface area (Å²) in [6.07, 6.45) is -1.26. The molecule has 0 saturated carbocycles. The van der Waals surface area contributed by atoms with Gasteiger partial charge in [0.25, 0.3) is 0 Å². The number of nitriles is 1. The van der Waals surface area contributed by atoms with E-state index in [-0.39, 0.29) is 17.4 Å². The number of pyridine rings is 1. The van der Waals surface area contributed by atoms with E-state index in [9.17, 15) is 15.2 Å². The van der Waals surface area contributed by atoms with Gasteiger partial charge in [0.2, 0.25) is 12.0 Å². The Hall–Kier alpha value is -3.65. The first-order valence-electron chi connectivity index (χ1n) is 8.96. The van der Waals surface area contributed by atoms with Crippen LogP contribution in [0.5, 0.6) is 5.88 Å². The van der Waals surface area contributed by atoms with Gasteiger partial charge in [-0.1, -0.05) is 74.5 Å². The van der Waals surface area contributed by atoms with E-state index in [1.54, 1.807) is 30.3 Å². The lowest BCUT2D eigenvalue weighted by Crippen LogP contribution is -2.19. The van der Waals surface area contributed by atoms with Crippen LogP contribution in [0.2, 0.25) is 0 Å². The van der Waals surface area contributed by atoms with Gasteiger partial charge in [-0.2, -0.15) is 5.26 Å². The van der Waals surface area contributed by atoms with Crippen LogP contribution in [0.15, 0.2) is 66.7 Å². The van der Waals surface area contributed by atoms with E-state index in [0.29, 0.717) is 11.3 Å². The molecule has 1 atom stereocenters. The zero-order chi connectivity index (χ0) is 20.1. The zero-order valence-corrected chi connectivity index (χ0v) is 15.7. The van der Waals surface area contributed by atoms with Crippen LogP contribution in [0.4, 0.5) is 0 Å². The predicted molar refractivity (Wildman–Crippen MR) is 106 cm³/mol. The molecule has 1 heterocycles. The minimum absolute atomic E-state index is 0.0313. The maximum Gasteiger partial charge on any atom is 0.349 e. The number of rotatable bonds is 6. The Bertz CT molecular complexity index is 1010. The highest BCUT2D eigenvalue weighted by Crippen LogP contribution is 2.33. The Morgan fingerprint density at radius 3 is 2.21 bits per heavy atom. The first-order valence-corrected chi connectivity index (χ1v) is 8.96. The van der Waals surface area contributed by atoms with Crippen molar-refractivity contribution >= 4 is 5.97 Å². The summed E-state index contributed by atoms with van der Waals surface area (Å²) < 4.78 is 5.80. The Morgan fingerprint density at radius 1 is 1.07 bits per heavy atom. The van der Waals surface area contributed by atoms with Crippen molar-refractivity contribution in [1.82, 2.24) is 4.98 Å². The van der Waals surface area contributed by atoms with Gasteiger partial charge in [0.1, 0.15) is 11.6 Å². The minimum Gasteiger partial charge on any atom is -0.478 e. The van der Waals surface area contributed by atoms with Crippen molar-refractivity contribution in [3.63, 3.8) is 0 Å². The molecule has 140 valence electrons. The molecule has 0 radical (unpaired) electrons. The molecular weight excluding hydrogens is 352 g/mol. The number of carbonyl (C=O) groups is 1. The lowest BCUT2D eigenvalue weighted by Gasteiger charge is -2.19. The maximum absolute atomic E-state index is 11.8. The van der Waals surface area contributed by atoms with Gasteiger partial charge in [-0.25, -0.2) is 9.78 Å². The van der Waals surface area contributed by atoms with Crippen LogP contribution in [-0.4, -0.2) is 16.1 Å². The molecule has 0 aliphatic rings. The molecule has 0 spiro atoms. The summed E-state index contributed by atoms with van der Waals surface area (Å²) >= 11 is 0. The largest absolute Gasteiger partial charge is 0.478 e. The summed E-state index contributed by atoms with van der Waals surface area (Å²) in [5.74, 6) is -1.07. The molecule has 1 unspecified atom stereocenters. The summed E-state index contributed by atoms with van der Waals surface area (Å²) in [5, 5.41) is 19.4. The molecular formula is C23H20N2O3. The quantitative estimate of drug-likeness (QED) is 0.662. The average molecular weight is 372 g/mol. The summed E-state index contributed by atoms with van der Waals surface area (Å²) in [6, 6.07) is 22.2. The van der Waals surface area contributed by atoms with Crippen molar-refractivity contribution < 1.29 is 14.6 Å². The zero-order valence-electron chi connectivity index (χ0n) is 15.7. The molecule has 0 bridgehead atoms. The number of hydrogen-bond donors (Lipinski definition) is 1. The summed E-state index contributed by atoms with van der Waals surface area (Å²) in [6.45, 7) is 3.95. The maximum atomic E-state index is 11.8. The third-order valence-corrected chi connectivity index (χ3v) is 4.38. The summed E-state index contributed by atoms with van der Waals surface area (Å²) in [5.41, 5.74) is 3.01. The van der Waals surface area contributed by atoms with E-state index in [1.165, 1.54) is 0 Å². The monoisotopic (exact) mass is 372 g/mol. The van der Waals surface area contributed by atoms with Crippen LogP contribution in [0.1, 0.15) is 42.6 Å². The van der Waals surface area contributed by atoms with Crippen molar-refractivity contribution in [3.05, 3.63) is 83.4 Å². The topological polar surface area (TPSA) is 83.2 Å². The Morgan fingerprint density at radius 2 is 1.68 bits per heavy atom. The Kier molecular flexibility index (Phi) is 5.71. The van der Waals surface area contributed by atoms with Gasteiger partial charge in [-0.3, -0.25) is 0 Å². The van der Waals surface area contributed by atoms with Crippen molar-refractivity contribution in [2.24, 2.45) is 0 Å².